The molecule has 0 atom stereocenters. The molecule has 1 aliphatic rings. The highest BCUT2D eigenvalue weighted by atomic mass is 28.3. The summed E-state index contributed by atoms with van der Waals surface area (Å²) in [5, 5.41) is 20.8. The van der Waals surface area contributed by atoms with Gasteiger partial charge < -0.3 is 24.2 Å². The number of methoxy groups -OCH3 is 1. The SMILES string of the molecule is COc1ccc(COc2c(C#N)cnc3c2cc(N2CC(C)(O)C2)n3COCC[Si](C)(C)C)cc1. The Morgan fingerprint density at radius 2 is 1.91 bits per heavy atom. The Morgan fingerprint density at radius 1 is 1.20 bits per heavy atom. The molecule has 1 saturated heterocycles. The first kappa shape index (κ1) is 25.0. The maximum atomic E-state index is 10.3. The van der Waals surface area contributed by atoms with Crippen molar-refractivity contribution >= 4 is 24.9 Å². The second kappa shape index (κ2) is 9.89. The van der Waals surface area contributed by atoms with Gasteiger partial charge >= 0.3 is 0 Å². The Labute approximate surface area is 207 Å². The van der Waals surface area contributed by atoms with E-state index in [1.807, 2.05) is 41.8 Å². The number of hydrogen-bond acceptors (Lipinski definition) is 7. The Bertz CT molecular complexity index is 1220. The zero-order valence-corrected chi connectivity index (χ0v) is 22.2. The molecule has 0 saturated carbocycles. The van der Waals surface area contributed by atoms with Crippen LogP contribution >= 0.6 is 0 Å². The zero-order chi connectivity index (χ0) is 25.2. The van der Waals surface area contributed by atoms with E-state index in [1.165, 1.54) is 0 Å². The van der Waals surface area contributed by atoms with Crippen LogP contribution in [0.15, 0.2) is 36.5 Å². The van der Waals surface area contributed by atoms with Crippen molar-refractivity contribution in [3.8, 4) is 17.6 Å². The second-order valence-electron chi connectivity index (χ2n) is 10.6. The monoisotopic (exact) mass is 494 g/mol. The van der Waals surface area contributed by atoms with E-state index in [0.717, 1.165) is 28.6 Å². The van der Waals surface area contributed by atoms with Gasteiger partial charge in [-0.25, -0.2) is 4.98 Å². The third-order valence-corrected chi connectivity index (χ3v) is 7.82. The van der Waals surface area contributed by atoms with Crippen LogP contribution in [0.5, 0.6) is 11.5 Å². The van der Waals surface area contributed by atoms with Crippen molar-refractivity contribution in [2.75, 3.05) is 31.7 Å². The fourth-order valence-corrected chi connectivity index (χ4v) is 4.89. The number of rotatable bonds is 10. The summed E-state index contributed by atoms with van der Waals surface area (Å²) in [5.74, 6) is 2.18. The molecule has 0 spiro atoms. The molecule has 0 radical (unpaired) electrons. The highest BCUT2D eigenvalue weighted by Gasteiger charge is 2.38. The molecule has 4 rings (SSSR count). The molecule has 1 aromatic carbocycles. The third-order valence-electron chi connectivity index (χ3n) is 6.12. The minimum absolute atomic E-state index is 0.309. The maximum absolute atomic E-state index is 10.3. The van der Waals surface area contributed by atoms with Crippen LogP contribution in [-0.2, 0) is 18.1 Å². The number of aromatic nitrogens is 2. The molecule has 35 heavy (non-hydrogen) atoms. The molecule has 3 aromatic rings. The van der Waals surface area contributed by atoms with Gasteiger partial charge in [0.25, 0.3) is 0 Å². The molecule has 8 nitrogen and oxygen atoms in total. The number of ether oxygens (including phenoxy) is 3. The largest absolute Gasteiger partial charge is 0.497 e. The van der Waals surface area contributed by atoms with Crippen molar-refractivity contribution in [3.63, 3.8) is 0 Å². The van der Waals surface area contributed by atoms with E-state index >= 15 is 0 Å². The molecule has 2 aromatic heterocycles. The number of β-amino-alcohol motifs (C(OH)–C–C–N with tert-alkyl or cyclic N) is 1. The molecular formula is C26H34N4O4Si. The fourth-order valence-electron chi connectivity index (χ4n) is 4.14. The van der Waals surface area contributed by atoms with Gasteiger partial charge in [-0.2, -0.15) is 5.26 Å². The summed E-state index contributed by atoms with van der Waals surface area (Å²) in [6.45, 7) is 11.2. The van der Waals surface area contributed by atoms with Crippen molar-refractivity contribution < 1.29 is 19.3 Å². The Hall–Kier alpha value is -3.06. The molecule has 0 aliphatic carbocycles. The zero-order valence-electron chi connectivity index (χ0n) is 21.2. The minimum Gasteiger partial charge on any atom is -0.497 e. The molecule has 186 valence electrons. The third kappa shape index (κ3) is 5.78. The number of fused-ring (bicyclic) bond motifs is 1. The van der Waals surface area contributed by atoms with Gasteiger partial charge in [-0.15, -0.1) is 0 Å². The average Bonchev–Trinajstić information content (AvgIpc) is 3.16. The summed E-state index contributed by atoms with van der Waals surface area (Å²) in [7, 11) is 0.421. The second-order valence-corrected chi connectivity index (χ2v) is 16.2. The number of aliphatic hydroxyl groups is 1. The summed E-state index contributed by atoms with van der Waals surface area (Å²) in [6, 6.07) is 12.9. The number of pyridine rings is 1. The van der Waals surface area contributed by atoms with Crippen molar-refractivity contribution in [1.82, 2.24) is 9.55 Å². The molecule has 1 N–H and O–H groups in total. The molecule has 1 aliphatic heterocycles. The van der Waals surface area contributed by atoms with Crippen LogP contribution in [0, 0.1) is 11.3 Å². The lowest BCUT2D eigenvalue weighted by atomic mass is 9.97. The van der Waals surface area contributed by atoms with Crippen molar-refractivity contribution in [2.45, 2.75) is 51.5 Å². The van der Waals surface area contributed by atoms with Gasteiger partial charge in [0.15, 0.2) is 0 Å². The lowest BCUT2D eigenvalue weighted by molar-refractivity contribution is 0.0284. The summed E-state index contributed by atoms with van der Waals surface area (Å²) in [6.07, 6.45) is 1.56. The highest BCUT2D eigenvalue weighted by molar-refractivity contribution is 6.76. The Morgan fingerprint density at radius 3 is 2.51 bits per heavy atom. The van der Waals surface area contributed by atoms with E-state index in [-0.39, 0.29) is 0 Å². The quantitative estimate of drug-likeness (QED) is 0.330. The Kier molecular flexibility index (Phi) is 7.08. The predicted molar refractivity (Wildman–Crippen MR) is 139 cm³/mol. The van der Waals surface area contributed by atoms with Crippen LogP contribution in [0.3, 0.4) is 0 Å². The summed E-state index contributed by atoms with van der Waals surface area (Å²) >= 11 is 0. The Balaban J connectivity index is 1.65. The van der Waals surface area contributed by atoms with E-state index in [1.54, 1.807) is 13.3 Å². The first-order chi connectivity index (χ1) is 16.6. The lowest BCUT2D eigenvalue weighted by Gasteiger charge is -2.45. The number of nitriles is 1. The van der Waals surface area contributed by atoms with Crippen LogP contribution in [-0.4, -0.2) is 55.1 Å². The minimum atomic E-state index is -1.21. The summed E-state index contributed by atoms with van der Waals surface area (Å²) < 4.78 is 19.5. The fraction of sp³-hybridized carbons (Fsp3) is 0.462. The topological polar surface area (TPSA) is 92.8 Å². The van der Waals surface area contributed by atoms with E-state index in [2.05, 4.69) is 35.6 Å². The summed E-state index contributed by atoms with van der Waals surface area (Å²) in [4.78, 5) is 6.70. The molecule has 0 unspecified atom stereocenters. The molecule has 1 fully saturated rings. The lowest BCUT2D eigenvalue weighted by Crippen LogP contribution is -2.60. The van der Waals surface area contributed by atoms with Crippen molar-refractivity contribution in [2.24, 2.45) is 0 Å². The average molecular weight is 495 g/mol. The van der Waals surface area contributed by atoms with Crippen LogP contribution in [0.4, 0.5) is 5.82 Å². The van der Waals surface area contributed by atoms with Gasteiger partial charge in [0, 0.05) is 27.8 Å². The molecule has 3 heterocycles. The van der Waals surface area contributed by atoms with Gasteiger partial charge in [0.2, 0.25) is 0 Å². The van der Waals surface area contributed by atoms with Crippen LogP contribution < -0.4 is 14.4 Å². The first-order valence-electron chi connectivity index (χ1n) is 11.8. The number of anilines is 1. The maximum Gasteiger partial charge on any atom is 0.150 e. The number of hydrogen-bond donors (Lipinski definition) is 1. The van der Waals surface area contributed by atoms with E-state index in [9.17, 15) is 10.4 Å². The first-order valence-corrected chi connectivity index (χ1v) is 15.5. The molecular weight excluding hydrogens is 460 g/mol. The van der Waals surface area contributed by atoms with Crippen LogP contribution in [0.1, 0.15) is 18.1 Å². The number of nitrogens with zero attached hydrogens (tertiary/aromatic N) is 4. The van der Waals surface area contributed by atoms with Crippen LogP contribution in [0.25, 0.3) is 11.0 Å². The predicted octanol–water partition coefficient (Wildman–Crippen LogP) is 4.38. The van der Waals surface area contributed by atoms with Gasteiger partial charge in [0.1, 0.15) is 47.9 Å². The van der Waals surface area contributed by atoms with Gasteiger partial charge in [-0.05, 0) is 36.7 Å². The smallest absolute Gasteiger partial charge is 0.150 e. The normalized spacial score (nSPS) is 15.1. The molecule has 9 heteroatoms. The summed E-state index contributed by atoms with van der Waals surface area (Å²) in [5.41, 5.74) is 1.32. The standard InChI is InChI=1S/C26H34N4O4Si/c1-26(31)16-29(17-26)23-12-22-24(34-15-19-6-8-21(32-2)9-7-19)20(13-27)14-28-25(22)30(23)18-33-10-11-35(3,4)5/h6-9,12,14,31H,10-11,15-18H2,1-5H3. The van der Waals surface area contributed by atoms with Crippen molar-refractivity contribution in [1.29, 1.82) is 5.26 Å². The van der Waals surface area contributed by atoms with E-state index in [4.69, 9.17) is 14.2 Å². The van der Waals surface area contributed by atoms with E-state index in [0.29, 0.717) is 50.0 Å². The van der Waals surface area contributed by atoms with Gasteiger partial charge in [-0.3, -0.25) is 4.57 Å². The van der Waals surface area contributed by atoms with Crippen molar-refractivity contribution in [3.05, 3.63) is 47.7 Å². The van der Waals surface area contributed by atoms with Crippen LogP contribution in [0.2, 0.25) is 25.7 Å². The molecule has 0 amide bonds. The highest BCUT2D eigenvalue weighted by Crippen LogP contribution is 2.37. The van der Waals surface area contributed by atoms with Gasteiger partial charge in [0.05, 0.1) is 24.3 Å². The number of benzene rings is 1. The van der Waals surface area contributed by atoms with E-state index < -0.39 is 13.7 Å². The molecule has 0 bridgehead atoms. The van der Waals surface area contributed by atoms with Gasteiger partial charge in [-0.1, -0.05) is 31.8 Å².